The van der Waals surface area contributed by atoms with Gasteiger partial charge in [-0.3, -0.25) is 14.2 Å². The van der Waals surface area contributed by atoms with Gasteiger partial charge in [-0.2, -0.15) is 0 Å². The van der Waals surface area contributed by atoms with Crippen LogP contribution in [0, 0.1) is 5.92 Å². The maximum Gasteiger partial charge on any atom is 0.262 e. The average molecular weight is 390 g/mol. The van der Waals surface area contributed by atoms with Crippen molar-refractivity contribution >= 4 is 28.6 Å². The molecule has 0 unspecified atom stereocenters. The van der Waals surface area contributed by atoms with Gasteiger partial charge in [-0.05, 0) is 44.2 Å². The number of hydrogen-bond donors (Lipinski definition) is 1. The minimum Gasteiger partial charge on any atom is -0.353 e. The van der Waals surface area contributed by atoms with Crippen LogP contribution in [0.1, 0.15) is 53.4 Å². The number of thioether (sulfide) groups is 1. The molecule has 1 heterocycles. The second-order valence-electron chi connectivity index (χ2n) is 7.45. The molecule has 5 nitrogen and oxygen atoms in total. The molecule has 6 heteroatoms. The van der Waals surface area contributed by atoms with Gasteiger partial charge >= 0.3 is 0 Å². The first-order valence-corrected chi connectivity index (χ1v) is 10.8. The second kappa shape index (κ2) is 10.5. The van der Waals surface area contributed by atoms with Crippen molar-refractivity contribution in [2.75, 3.05) is 5.75 Å². The van der Waals surface area contributed by atoms with Crippen molar-refractivity contribution in [2.45, 2.75) is 71.1 Å². The minimum atomic E-state index is -0.0257. The van der Waals surface area contributed by atoms with Crippen molar-refractivity contribution in [1.29, 1.82) is 0 Å². The molecular weight excluding hydrogens is 358 g/mol. The third-order valence-corrected chi connectivity index (χ3v) is 5.46. The third-order valence-electron chi connectivity index (χ3n) is 4.48. The van der Waals surface area contributed by atoms with E-state index >= 15 is 0 Å². The van der Waals surface area contributed by atoms with Crippen LogP contribution in [-0.2, 0) is 11.3 Å². The van der Waals surface area contributed by atoms with Gasteiger partial charge in [-0.15, -0.1) is 0 Å². The first kappa shape index (κ1) is 21.5. The first-order chi connectivity index (χ1) is 12.9. The lowest BCUT2D eigenvalue weighted by atomic mass is 10.0. The summed E-state index contributed by atoms with van der Waals surface area (Å²) in [5, 5.41) is 4.30. The molecule has 2 rings (SSSR count). The normalized spacial score (nSPS) is 12.5. The molecule has 0 aliphatic carbocycles. The van der Waals surface area contributed by atoms with Gasteiger partial charge in [0.25, 0.3) is 5.56 Å². The molecule has 1 atom stereocenters. The lowest BCUT2D eigenvalue weighted by Crippen LogP contribution is -2.34. The summed E-state index contributed by atoms with van der Waals surface area (Å²) in [6.07, 6.45) is 3.98. The van der Waals surface area contributed by atoms with Crippen LogP contribution in [0.5, 0.6) is 0 Å². The summed E-state index contributed by atoms with van der Waals surface area (Å²) in [5.41, 5.74) is 0.658. The number of para-hydroxylation sites is 1. The van der Waals surface area contributed by atoms with Crippen molar-refractivity contribution in [3.05, 3.63) is 34.6 Å². The van der Waals surface area contributed by atoms with Crippen LogP contribution < -0.4 is 10.9 Å². The van der Waals surface area contributed by atoms with E-state index in [-0.39, 0.29) is 23.3 Å². The van der Waals surface area contributed by atoms with Gasteiger partial charge < -0.3 is 5.32 Å². The highest BCUT2D eigenvalue weighted by molar-refractivity contribution is 7.99. The summed E-state index contributed by atoms with van der Waals surface area (Å²) in [7, 11) is 0. The van der Waals surface area contributed by atoms with E-state index < -0.39 is 0 Å². The number of hydrogen-bond acceptors (Lipinski definition) is 4. The van der Waals surface area contributed by atoms with Gasteiger partial charge in [0.05, 0.1) is 16.7 Å². The first-order valence-electron chi connectivity index (χ1n) is 9.84. The molecule has 0 spiro atoms. The van der Waals surface area contributed by atoms with Crippen molar-refractivity contribution < 1.29 is 4.79 Å². The fourth-order valence-corrected chi connectivity index (χ4v) is 3.71. The predicted molar refractivity (Wildman–Crippen MR) is 113 cm³/mol. The summed E-state index contributed by atoms with van der Waals surface area (Å²) in [6.45, 7) is 9.13. The summed E-state index contributed by atoms with van der Waals surface area (Å²) < 4.78 is 1.71. The number of fused-ring (bicyclic) bond motifs is 1. The second-order valence-corrected chi connectivity index (χ2v) is 8.39. The topological polar surface area (TPSA) is 64.0 Å². The number of nitrogens with one attached hydrogen (secondary N) is 1. The Hall–Kier alpha value is -1.82. The largest absolute Gasteiger partial charge is 0.353 e. The molecule has 1 amide bonds. The Balaban J connectivity index is 2.10. The monoisotopic (exact) mass is 389 g/mol. The Morgan fingerprint density at radius 3 is 2.67 bits per heavy atom. The van der Waals surface area contributed by atoms with Crippen LogP contribution in [0.2, 0.25) is 0 Å². The van der Waals surface area contributed by atoms with E-state index in [9.17, 15) is 9.59 Å². The van der Waals surface area contributed by atoms with E-state index in [0.29, 0.717) is 28.5 Å². The molecule has 0 aliphatic heterocycles. The van der Waals surface area contributed by atoms with E-state index in [0.717, 1.165) is 25.7 Å². The van der Waals surface area contributed by atoms with E-state index in [1.165, 1.54) is 11.8 Å². The molecule has 1 aromatic heterocycles. The fraction of sp³-hybridized carbons (Fsp3) is 0.571. The SMILES string of the molecule is CCCCn1c(SCC(=O)N[C@@H](C)CCC(C)C)nc2ccccc2c1=O. The summed E-state index contributed by atoms with van der Waals surface area (Å²) in [5.74, 6) is 0.886. The Morgan fingerprint density at radius 1 is 1.22 bits per heavy atom. The molecule has 0 radical (unpaired) electrons. The summed E-state index contributed by atoms with van der Waals surface area (Å²) in [4.78, 5) is 29.8. The van der Waals surface area contributed by atoms with Gasteiger partial charge in [-0.1, -0.05) is 51.1 Å². The quantitative estimate of drug-likeness (QED) is 0.488. The molecule has 2 aromatic rings. The Morgan fingerprint density at radius 2 is 1.96 bits per heavy atom. The zero-order valence-electron chi connectivity index (χ0n) is 16.8. The molecule has 148 valence electrons. The molecule has 0 fully saturated rings. The summed E-state index contributed by atoms with van der Waals surface area (Å²) >= 11 is 1.34. The van der Waals surface area contributed by atoms with Gasteiger partial charge in [0.15, 0.2) is 5.16 Å². The number of unbranched alkanes of at least 4 members (excludes halogenated alkanes) is 1. The van der Waals surface area contributed by atoms with Gasteiger partial charge in [0, 0.05) is 12.6 Å². The molecule has 0 saturated carbocycles. The van der Waals surface area contributed by atoms with E-state index in [2.05, 4.69) is 31.1 Å². The number of aromatic nitrogens is 2. The molecule has 27 heavy (non-hydrogen) atoms. The fourth-order valence-electron chi connectivity index (χ4n) is 2.87. The molecule has 0 saturated heterocycles. The van der Waals surface area contributed by atoms with E-state index in [4.69, 9.17) is 0 Å². The standard InChI is InChI=1S/C21H31N3O2S/c1-5-6-13-24-20(26)17-9-7-8-10-18(17)23-21(24)27-14-19(25)22-16(4)12-11-15(2)3/h7-10,15-16H,5-6,11-14H2,1-4H3,(H,22,25)/t16-/m0/s1. The number of amides is 1. The minimum absolute atomic E-state index is 0.0132. The zero-order valence-corrected chi connectivity index (χ0v) is 17.6. The van der Waals surface area contributed by atoms with E-state index in [1.807, 2.05) is 31.2 Å². The van der Waals surface area contributed by atoms with E-state index in [1.54, 1.807) is 4.57 Å². The predicted octanol–water partition coefficient (Wildman–Crippen LogP) is 4.23. The van der Waals surface area contributed by atoms with Crippen molar-refractivity contribution in [2.24, 2.45) is 5.92 Å². The number of rotatable bonds is 10. The maximum absolute atomic E-state index is 12.8. The number of carbonyl (C=O) groups is 1. The van der Waals surface area contributed by atoms with Gasteiger partial charge in [0.1, 0.15) is 0 Å². The van der Waals surface area contributed by atoms with Crippen molar-refractivity contribution in [3.8, 4) is 0 Å². The van der Waals surface area contributed by atoms with Crippen LogP contribution in [0.4, 0.5) is 0 Å². The molecule has 1 aromatic carbocycles. The highest BCUT2D eigenvalue weighted by Crippen LogP contribution is 2.18. The summed E-state index contributed by atoms with van der Waals surface area (Å²) in [6, 6.07) is 7.55. The van der Waals surface area contributed by atoms with Crippen LogP contribution >= 0.6 is 11.8 Å². The molecule has 1 N–H and O–H groups in total. The zero-order chi connectivity index (χ0) is 19.8. The van der Waals surface area contributed by atoms with Crippen molar-refractivity contribution in [1.82, 2.24) is 14.9 Å². The molecule has 0 aliphatic rings. The number of carbonyl (C=O) groups excluding carboxylic acids is 1. The number of benzene rings is 1. The average Bonchev–Trinajstić information content (AvgIpc) is 2.64. The van der Waals surface area contributed by atoms with Gasteiger partial charge in [0.2, 0.25) is 5.91 Å². The maximum atomic E-state index is 12.8. The highest BCUT2D eigenvalue weighted by atomic mass is 32.2. The van der Waals surface area contributed by atoms with Crippen LogP contribution in [0.3, 0.4) is 0 Å². The molecule has 0 bridgehead atoms. The van der Waals surface area contributed by atoms with Crippen LogP contribution in [0.25, 0.3) is 10.9 Å². The van der Waals surface area contributed by atoms with Crippen LogP contribution in [-0.4, -0.2) is 27.3 Å². The molecular formula is C21H31N3O2S. The smallest absolute Gasteiger partial charge is 0.262 e. The Labute approximate surface area is 166 Å². The lowest BCUT2D eigenvalue weighted by Gasteiger charge is -2.16. The van der Waals surface area contributed by atoms with Crippen LogP contribution in [0.15, 0.2) is 34.2 Å². The lowest BCUT2D eigenvalue weighted by molar-refractivity contribution is -0.119. The van der Waals surface area contributed by atoms with Crippen molar-refractivity contribution in [3.63, 3.8) is 0 Å². The Bertz CT molecular complexity index is 817. The Kier molecular flexibility index (Phi) is 8.35. The third kappa shape index (κ3) is 6.38. The number of nitrogens with zero attached hydrogens (tertiary/aromatic N) is 2. The van der Waals surface area contributed by atoms with Gasteiger partial charge in [-0.25, -0.2) is 4.98 Å². The highest BCUT2D eigenvalue weighted by Gasteiger charge is 2.14.